The summed E-state index contributed by atoms with van der Waals surface area (Å²) >= 11 is 1.44. The second-order valence-electron chi connectivity index (χ2n) is 5.24. The number of nitrogens with zero attached hydrogens (tertiary/aromatic N) is 1. The quantitative estimate of drug-likeness (QED) is 0.860. The van der Waals surface area contributed by atoms with Gasteiger partial charge in [0.2, 0.25) is 5.91 Å². The molecule has 5 nitrogen and oxygen atoms in total. The van der Waals surface area contributed by atoms with E-state index in [-0.39, 0.29) is 17.9 Å². The van der Waals surface area contributed by atoms with Crippen LogP contribution in [-0.4, -0.2) is 23.5 Å². The van der Waals surface area contributed by atoms with Gasteiger partial charge in [0.1, 0.15) is 5.75 Å². The van der Waals surface area contributed by atoms with Crippen LogP contribution in [0.1, 0.15) is 27.2 Å². The van der Waals surface area contributed by atoms with Gasteiger partial charge in [0.15, 0.2) is 5.13 Å². The lowest BCUT2D eigenvalue weighted by Crippen LogP contribution is -2.31. The lowest BCUT2D eigenvalue weighted by molar-refractivity contribution is -0.116. The summed E-state index contributed by atoms with van der Waals surface area (Å²) in [6.45, 7) is 6.58. The molecule has 114 valence electrons. The molecule has 21 heavy (non-hydrogen) atoms. The largest absolute Gasteiger partial charge is 0.494 e. The van der Waals surface area contributed by atoms with Crippen molar-refractivity contribution < 1.29 is 9.53 Å². The molecular formula is C15H21N3O2S. The molecule has 1 aromatic heterocycles. The molecule has 0 saturated heterocycles. The summed E-state index contributed by atoms with van der Waals surface area (Å²) in [6.07, 6.45) is 0.303. The first-order valence-electron chi connectivity index (χ1n) is 7.08. The van der Waals surface area contributed by atoms with Gasteiger partial charge in [-0.3, -0.25) is 4.79 Å². The zero-order valence-electron chi connectivity index (χ0n) is 12.6. The number of nitrogens with one attached hydrogen (secondary N) is 1. The molecule has 0 fully saturated rings. The Labute approximate surface area is 128 Å². The van der Waals surface area contributed by atoms with Crippen LogP contribution in [0.5, 0.6) is 5.75 Å². The van der Waals surface area contributed by atoms with Crippen LogP contribution >= 0.6 is 11.3 Å². The Kier molecular flexibility index (Phi) is 5.14. The van der Waals surface area contributed by atoms with E-state index >= 15 is 0 Å². The van der Waals surface area contributed by atoms with Crippen LogP contribution in [0, 0.1) is 5.92 Å². The fraction of sp³-hybridized carbons (Fsp3) is 0.467. The van der Waals surface area contributed by atoms with Gasteiger partial charge in [0.05, 0.1) is 16.8 Å². The predicted molar refractivity (Wildman–Crippen MR) is 86.8 cm³/mol. The summed E-state index contributed by atoms with van der Waals surface area (Å²) in [5, 5.41) is 3.41. The maximum absolute atomic E-state index is 11.9. The minimum absolute atomic E-state index is 0.0970. The van der Waals surface area contributed by atoms with E-state index in [0.29, 0.717) is 18.2 Å². The first-order valence-corrected chi connectivity index (χ1v) is 7.90. The minimum Gasteiger partial charge on any atom is -0.494 e. The van der Waals surface area contributed by atoms with Gasteiger partial charge in [-0.05, 0) is 31.0 Å². The van der Waals surface area contributed by atoms with Crippen molar-refractivity contribution in [3.05, 3.63) is 18.2 Å². The number of anilines is 1. The SMILES string of the molecule is CCOc1ccc2nc(NC(=O)CC(N)C(C)C)sc2c1. The number of carbonyl (C=O) groups is 1. The van der Waals surface area contributed by atoms with Gasteiger partial charge >= 0.3 is 0 Å². The second-order valence-corrected chi connectivity index (χ2v) is 6.27. The molecule has 1 amide bonds. The number of carbonyl (C=O) groups excluding carboxylic acids is 1. The molecule has 1 heterocycles. The van der Waals surface area contributed by atoms with Gasteiger partial charge in [-0.15, -0.1) is 0 Å². The average molecular weight is 307 g/mol. The third kappa shape index (κ3) is 4.15. The Morgan fingerprint density at radius 3 is 2.90 bits per heavy atom. The van der Waals surface area contributed by atoms with Crippen molar-refractivity contribution >= 4 is 32.6 Å². The zero-order chi connectivity index (χ0) is 15.4. The molecule has 0 saturated carbocycles. The average Bonchev–Trinajstić information content (AvgIpc) is 2.80. The Morgan fingerprint density at radius 1 is 1.48 bits per heavy atom. The molecule has 0 spiro atoms. The third-order valence-corrected chi connectivity index (χ3v) is 4.13. The molecule has 0 aliphatic heterocycles. The number of amides is 1. The van der Waals surface area contributed by atoms with E-state index in [2.05, 4.69) is 10.3 Å². The Hall–Kier alpha value is -1.66. The Bertz CT molecular complexity index is 624. The van der Waals surface area contributed by atoms with Gasteiger partial charge in [-0.25, -0.2) is 4.98 Å². The van der Waals surface area contributed by atoms with Crippen LogP contribution in [-0.2, 0) is 4.79 Å². The number of aromatic nitrogens is 1. The molecule has 0 aliphatic carbocycles. The van der Waals surface area contributed by atoms with E-state index in [9.17, 15) is 4.79 Å². The van der Waals surface area contributed by atoms with Crippen molar-refractivity contribution in [1.29, 1.82) is 0 Å². The van der Waals surface area contributed by atoms with Crippen LogP contribution in [0.4, 0.5) is 5.13 Å². The number of hydrogen-bond donors (Lipinski definition) is 2. The van der Waals surface area contributed by atoms with Crippen molar-refractivity contribution in [2.75, 3.05) is 11.9 Å². The summed E-state index contributed by atoms with van der Waals surface area (Å²) in [6, 6.07) is 5.58. The maximum atomic E-state index is 11.9. The van der Waals surface area contributed by atoms with E-state index in [4.69, 9.17) is 10.5 Å². The molecule has 2 rings (SSSR count). The summed E-state index contributed by atoms with van der Waals surface area (Å²) in [4.78, 5) is 16.3. The van der Waals surface area contributed by atoms with Crippen LogP contribution in [0.15, 0.2) is 18.2 Å². The standard InChI is InChI=1S/C15H21N3O2S/c1-4-20-10-5-6-12-13(7-10)21-15(17-12)18-14(19)8-11(16)9(2)3/h5-7,9,11H,4,8,16H2,1-3H3,(H,17,18,19). The normalized spacial score (nSPS) is 12.6. The van der Waals surface area contributed by atoms with Gasteiger partial charge in [0, 0.05) is 12.5 Å². The van der Waals surface area contributed by atoms with Crippen LogP contribution in [0.2, 0.25) is 0 Å². The molecule has 2 aromatic rings. The molecule has 1 atom stereocenters. The number of benzene rings is 1. The van der Waals surface area contributed by atoms with E-state index in [1.54, 1.807) is 0 Å². The van der Waals surface area contributed by atoms with Crippen molar-refractivity contribution in [3.8, 4) is 5.75 Å². The van der Waals surface area contributed by atoms with E-state index in [0.717, 1.165) is 16.0 Å². The predicted octanol–water partition coefficient (Wildman–Crippen LogP) is 3.01. The second kappa shape index (κ2) is 6.87. The zero-order valence-corrected chi connectivity index (χ0v) is 13.4. The highest BCUT2D eigenvalue weighted by Gasteiger charge is 2.14. The van der Waals surface area contributed by atoms with Gasteiger partial charge in [-0.2, -0.15) is 0 Å². The summed E-state index contributed by atoms with van der Waals surface area (Å²) < 4.78 is 6.45. The van der Waals surface area contributed by atoms with Gasteiger partial charge in [0.25, 0.3) is 0 Å². The fourth-order valence-corrected chi connectivity index (χ4v) is 2.75. The van der Waals surface area contributed by atoms with E-state index in [1.165, 1.54) is 11.3 Å². The summed E-state index contributed by atoms with van der Waals surface area (Å²) in [7, 11) is 0. The molecule has 0 aliphatic rings. The fourth-order valence-electron chi connectivity index (χ4n) is 1.83. The highest BCUT2D eigenvalue weighted by atomic mass is 32.1. The van der Waals surface area contributed by atoms with Crippen molar-refractivity contribution in [2.45, 2.75) is 33.2 Å². The molecule has 0 radical (unpaired) electrons. The molecule has 1 aromatic carbocycles. The van der Waals surface area contributed by atoms with Crippen LogP contribution in [0.25, 0.3) is 10.2 Å². The number of rotatable bonds is 6. The lowest BCUT2D eigenvalue weighted by Gasteiger charge is -2.14. The first-order chi connectivity index (χ1) is 9.99. The van der Waals surface area contributed by atoms with Crippen molar-refractivity contribution in [1.82, 2.24) is 4.98 Å². The Balaban J connectivity index is 2.07. The summed E-state index contributed by atoms with van der Waals surface area (Å²) in [5.74, 6) is 0.994. The van der Waals surface area contributed by atoms with Crippen LogP contribution < -0.4 is 15.8 Å². The van der Waals surface area contributed by atoms with Gasteiger partial charge < -0.3 is 15.8 Å². The number of hydrogen-bond acceptors (Lipinski definition) is 5. The van der Waals surface area contributed by atoms with E-state index < -0.39 is 0 Å². The Morgan fingerprint density at radius 2 is 2.24 bits per heavy atom. The number of fused-ring (bicyclic) bond motifs is 1. The highest BCUT2D eigenvalue weighted by molar-refractivity contribution is 7.22. The molecule has 3 N–H and O–H groups in total. The van der Waals surface area contributed by atoms with Crippen molar-refractivity contribution in [3.63, 3.8) is 0 Å². The first kappa shape index (κ1) is 15.7. The van der Waals surface area contributed by atoms with Crippen molar-refractivity contribution in [2.24, 2.45) is 11.7 Å². The third-order valence-electron chi connectivity index (χ3n) is 3.19. The highest BCUT2D eigenvalue weighted by Crippen LogP contribution is 2.29. The number of thiazole rings is 1. The number of nitrogens with two attached hydrogens (primary N) is 1. The number of ether oxygens (including phenoxy) is 1. The molecular weight excluding hydrogens is 286 g/mol. The molecule has 0 bridgehead atoms. The minimum atomic E-state index is -0.135. The molecule has 1 unspecified atom stereocenters. The topological polar surface area (TPSA) is 77.2 Å². The monoisotopic (exact) mass is 307 g/mol. The lowest BCUT2D eigenvalue weighted by atomic mass is 10.0. The maximum Gasteiger partial charge on any atom is 0.227 e. The van der Waals surface area contributed by atoms with Gasteiger partial charge in [-0.1, -0.05) is 25.2 Å². The van der Waals surface area contributed by atoms with E-state index in [1.807, 2.05) is 39.0 Å². The van der Waals surface area contributed by atoms with Crippen LogP contribution in [0.3, 0.4) is 0 Å². The molecule has 6 heteroatoms. The summed E-state index contributed by atoms with van der Waals surface area (Å²) in [5.41, 5.74) is 6.76. The smallest absolute Gasteiger partial charge is 0.227 e.